The van der Waals surface area contributed by atoms with E-state index in [9.17, 15) is 9.90 Å². The van der Waals surface area contributed by atoms with Gasteiger partial charge in [0.1, 0.15) is 17.2 Å². The maximum atomic E-state index is 12.6. The van der Waals surface area contributed by atoms with Crippen molar-refractivity contribution in [2.45, 2.75) is 72.5 Å². The Bertz CT molecular complexity index is 1470. The number of aliphatic carboxylic acids is 1. The minimum absolute atomic E-state index is 0.229. The summed E-state index contributed by atoms with van der Waals surface area (Å²) in [5.41, 5.74) is 3.35. The number of imidazole rings is 1. The zero-order chi connectivity index (χ0) is 27.9. The number of carboxylic acid groups (broad SMARTS) is 1. The molecule has 4 heterocycles. The van der Waals surface area contributed by atoms with Gasteiger partial charge in [0.25, 0.3) is 5.89 Å². The van der Waals surface area contributed by atoms with E-state index in [1.807, 2.05) is 74.7 Å². The fourth-order valence-electron chi connectivity index (χ4n) is 5.10. The Kier molecular flexibility index (Phi) is 6.97. The third-order valence-electron chi connectivity index (χ3n) is 7.23. The van der Waals surface area contributed by atoms with Crippen LogP contribution in [-0.4, -0.2) is 49.3 Å². The standard InChI is InChI=1S/C30H37N5O4/c1-19-16-22-31-21(26-33-32-23(38-26)17-20-10-8-7-9-11-20)18-35(22)27(34-14-12-30(5,6)13-15-34)24(19)25(28(36)37)39-29(2,3)4/h7-11,16,18,25H,12-15,17H2,1-6H3,(H,36,37)/t25-/m0/s1. The zero-order valence-corrected chi connectivity index (χ0v) is 23.6. The number of carbonyl (C=O) groups is 1. The number of hydrogen-bond acceptors (Lipinski definition) is 7. The van der Waals surface area contributed by atoms with Crippen molar-refractivity contribution in [1.29, 1.82) is 0 Å². The number of aryl methyl sites for hydroxylation is 1. The van der Waals surface area contributed by atoms with Crippen molar-refractivity contribution in [1.82, 2.24) is 19.6 Å². The van der Waals surface area contributed by atoms with Gasteiger partial charge in [-0.05, 0) is 63.1 Å². The molecule has 3 aromatic heterocycles. The molecule has 1 N–H and O–H groups in total. The number of ether oxygens (including phenoxy) is 1. The first kappa shape index (κ1) is 26.9. The first-order valence-electron chi connectivity index (χ1n) is 13.4. The molecule has 0 radical (unpaired) electrons. The van der Waals surface area contributed by atoms with Crippen LogP contribution in [0.25, 0.3) is 17.2 Å². The van der Waals surface area contributed by atoms with E-state index in [4.69, 9.17) is 14.1 Å². The second-order valence-electron chi connectivity index (χ2n) is 12.2. The maximum Gasteiger partial charge on any atom is 0.337 e. The zero-order valence-electron chi connectivity index (χ0n) is 23.6. The highest BCUT2D eigenvalue weighted by molar-refractivity contribution is 5.79. The van der Waals surface area contributed by atoms with Gasteiger partial charge in [0.2, 0.25) is 5.89 Å². The van der Waals surface area contributed by atoms with Crippen molar-refractivity contribution < 1.29 is 19.1 Å². The van der Waals surface area contributed by atoms with Crippen LogP contribution in [0.1, 0.15) is 76.1 Å². The highest BCUT2D eigenvalue weighted by Crippen LogP contribution is 2.40. The second-order valence-corrected chi connectivity index (χ2v) is 12.2. The molecule has 0 aliphatic carbocycles. The molecule has 206 valence electrons. The van der Waals surface area contributed by atoms with E-state index < -0.39 is 17.7 Å². The summed E-state index contributed by atoms with van der Waals surface area (Å²) in [6, 6.07) is 11.9. The van der Waals surface area contributed by atoms with Crippen molar-refractivity contribution >= 4 is 17.4 Å². The molecule has 9 nitrogen and oxygen atoms in total. The molecule has 1 aliphatic heterocycles. The lowest BCUT2D eigenvalue weighted by Crippen LogP contribution is -2.40. The van der Waals surface area contributed by atoms with E-state index in [2.05, 4.69) is 28.9 Å². The van der Waals surface area contributed by atoms with E-state index in [1.165, 1.54) is 0 Å². The lowest BCUT2D eigenvalue weighted by Gasteiger charge is -2.40. The van der Waals surface area contributed by atoms with Crippen LogP contribution >= 0.6 is 0 Å². The number of pyridine rings is 1. The second kappa shape index (κ2) is 10.1. The largest absolute Gasteiger partial charge is 0.479 e. The Labute approximate surface area is 228 Å². The number of piperidine rings is 1. The van der Waals surface area contributed by atoms with E-state index in [-0.39, 0.29) is 5.41 Å². The Morgan fingerprint density at radius 1 is 1.15 bits per heavy atom. The van der Waals surface area contributed by atoms with E-state index >= 15 is 0 Å². The fourth-order valence-corrected chi connectivity index (χ4v) is 5.10. The monoisotopic (exact) mass is 531 g/mol. The molecule has 0 unspecified atom stereocenters. The van der Waals surface area contributed by atoms with E-state index in [0.29, 0.717) is 35.1 Å². The summed E-state index contributed by atoms with van der Waals surface area (Å²) in [6.07, 6.45) is 3.25. The van der Waals surface area contributed by atoms with Gasteiger partial charge >= 0.3 is 5.97 Å². The normalized spacial score (nSPS) is 16.5. The highest BCUT2D eigenvalue weighted by Gasteiger charge is 2.35. The lowest BCUT2D eigenvalue weighted by molar-refractivity contribution is -0.160. The SMILES string of the molecule is Cc1cc2nc(-c3nnc(Cc4ccccc4)o3)cn2c(N2CCC(C)(C)CC2)c1[C@H](OC(C)(C)C)C(=O)O. The number of hydrogen-bond donors (Lipinski definition) is 1. The smallest absolute Gasteiger partial charge is 0.337 e. The number of benzene rings is 1. The van der Waals surface area contributed by atoms with Gasteiger partial charge in [-0.1, -0.05) is 44.2 Å². The molecule has 0 amide bonds. The quantitative estimate of drug-likeness (QED) is 0.317. The Morgan fingerprint density at radius 2 is 1.85 bits per heavy atom. The van der Waals surface area contributed by atoms with Gasteiger partial charge in [0.15, 0.2) is 6.10 Å². The van der Waals surface area contributed by atoms with Crippen LogP contribution < -0.4 is 4.90 Å². The third kappa shape index (κ3) is 5.83. The molecule has 1 aliphatic rings. The lowest BCUT2D eigenvalue weighted by atomic mass is 9.82. The van der Waals surface area contributed by atoms with Gasteiger partial charge in [-0.25, -0.2) is 9.78 Å². The molecular formula is C30H37N5O4. The average molecular weight is 532 g/mol. The first-order valence-corrected chi connectivity index (χ1v) is 13.4. The predicted octanol–water partition coefficient (Wildman–Crippen LogP) is 5.85. The molecule has 0 spiro atoms. The Balaban J connectivity index is 1.61. The summed E-state index contributed by atoms with van der Waals surface area (Å²) in [6.45, 7) is 13.7. The van der Waals surface area contributed by atoms with Gasteiger partial charge in [-0.15, -0.1) is 10.2 Å². The number of carboxylic acids is 1. The third-order valence-corrected chi connectivity index (χ3v) is 7.23. The number of anilines is 1. The van der Waals surface area contributed by atoms with Crippen molar-refractivity contribution in [2.24, 2.45) is 5.41 Å². The fraction of sp³-hybridized carbons (Fsp3) is 0.467. The molecule has 1 atom stereocenters. The van der Waals surface area contributed by atoms with Crippen LogP contribution in [-0.2, 0) is 16.0 Å². The van der Waals surface area contributed by atoms with E-state index in [1.54, 1.807) is 0 Å². The molecule has 0 saturated carbocycles. The van der Waals surface area contributed by atoms with Crippen molar-refractivity contribution in [2.75, 3.05) is 18.0 Å². The summed E-state index contributed by atoms with van der Waals surface area (Å²) in [4.78, 5) is 19.7. The van der Waals surface area contributed by atoms with Gasteiger partial charge in [-0.2, -0.15) is 0 Å². The average Bonchev–Trinajstić information content (AvgIpc) is 3.49. The van der Waals surface area contributed by atoms with Crippen molar-refractivity contribution in [3.05, 3.63) is 65.2 Å². The van der Waals surface area contributed by atoms with Crippen LogP contribution in [0, 0.1) is 12.3 Å². The van der Waals surface area contributed by atoms with Crippen LogP contribution in [0.15, 0.2) is 47.0 Å². The van der Waals surface area contributed by atoms with Crippen LogP contribution in [0.5, 0.6) is 0 Å². The number of aromatic nitrogens is 4. The van der Waals surface area contributed by atoms with Gasteiger partial charge < -0.3 is 19.2 Å². The van der Waals surface area contributed by atoms with Gasteiger partial charge in [0.05, 0.1) is 12.0 Å². The van der Waals surface area contributed by atoms with Gasteiger partial charge in [-0.3, -0.25) is 4.40 Å². The predicted molar refractivity (Wildman–Crippen MR) is 149 cm³/mol. The molecule has 0 bridgehead atoms. The number of rotatable bonds is 7. The maximum absolute atomic E-state index is 12.6. The molecule has 4 aromatic rings. The summed E-state index contributed by atoms with van der Waals surface area (Å²) >= 11 is 0. The number of nitrogens with zero attached hydrogens (tertiary/aromatic N) is 5. The molecule has 39 heavy (non-hydrogen) atoms. The highest BCUT2D eigenvalue weighted by atomic mass is 16.5. The van der Waals surface area contributed by atoms with E-state index in [0.717, 1.165) is 42.9 Å². The van der Waals surface area contributed by atoms with Crippen molar-refractivity contribution in [3.63, 3.8) is 0 Å². The van der Waals surface area contributed by atoms with Crippen LogP contribution in [0.4, 0.5) is 5.82 Å². The van der Waals surface area contributed by atoms with Crippen LogP contribution in [0.2, 0.25) is 0 Å². The minimum atomic E-state index is -1.13. The molecule has 1 fully saturated rings. The summed E-state index contributed by atoms with van der Waals surface area (Å²) in [5.74, 6) is 0.608. The first-order chi connectivity index (χ1) is 18.4. The molecule has 5 rings (SSSR count). The summed E-state index contributed by atoms with van der Waals surface area (Å²) in [5, 5.41) is 18.8. The minimum Gasteiger partial charge on any atom is -0.479 e. The molecule has 9 heteroatoms. The molecular weight excluding hydrogens is 494 g/mol. The Hall–Kier alpha value is -3.72. The molecule has 1 saturated heterocycles. The summed E-state index contributed by atoms with van der Waals surface area (Å²) in [7, 11) is 0. The van der Waals surface area contributed by atoms with Gasteiger partial charge in [0, 0.05) is 24.8 Å². The summed E-state index contributed by atoms with van der Waals surface area (Å²) < 4.78 is 14.1. The van der Waals surface area contributed by atoms with Crippen LogP contribution in [0.3, 0.4) is 0 Å². The Morgan fingerprint density at radius 3 is 2.49 bits per heavy atom. The number of fused-ring (bicyclic) bond motifs is 1. The molecule has 1 aromatic carbocycles. The topological polar surface area (TPSA) is 106 Å². The van der Waals surface area contributed by atoms with Crippen molar-refractivity contribution in [3.8, 4) is 11.6 Å².